The average Bonchev–Trinajstić information content (AvgIpc) is 2.27. The van der Waals surface area contributed by atoms with E-state index in [0.717, 1.165) is 0 Å². The zero-order valence-corrected chi connectivity index (χ0v) is 11.8. The molecule has 0 aromatic heterocycles. The van der Waals surface area contributed by atoms with Gasteiger partial charge in [0.2, 0.25) is 10.2 Å². The van der Waals surface area contributed by atoms with Crippen molar-refractivity contribution in [1.82, 2.24) is 10.6 Å². The Hall–Kier alpha value is -0.680. The van der Waals surface area contributed by atoms with Crippen molar-refractivity contribution in [2.75, 3.05) is 0 Å². The van der Waals surface area contributed by atoms with Gasteiger partial charge in [-0.1, -0.05) is 58.5 Å². The van der Waals surface area contributed by atoms with E-state index in [1.165, 1.54) is 6.07 Å². The third-order valence-electron chi connectivity index (χ3n) is 1.96. The molecule has 4 nitrogen and oxygen atoms in total. The van der Waals surface area contributed by atoms with Crippen molar-refractivity contribution in [2.24, 2.45) is 0 Å². The fourth-order valence-electron chi connectivity index (χ4n) is 1.14. The van der Waals surface area contributed by atoms with Crippen LogP contribution in [0.4, 0.5) is 0 Å². The summed E-state index contributed by atoms with van der Waals surface area (Å²) in [5, 5.41) is 4.80. The Kier molecular flexibility index (Phi) is 5.53. The number of carbonyl (C=O) groups excluding carboxylic acids is 2. The number of benzene rings is 1. The molecule has 1 unspecified atom stereocenters. The maximum atomic E-state index is 11.9. The van der Waals surface area contributed by atoms with Crippen molar-refractivity contribution >= 4 is 58.7 Å². The van der Waals surface area contributed by atoms with Crippen LogP contribution in [-0.2, 0) is 4.79 Å². The lowest BCUT2D eigenvalue weighted by atomic mass is 10.2. The molecule has 98 valence electrons. The number of hydrogen-bond donors (Lipinski definition) is 2. The lowest BCUT2D eigenvalue weighted by Crippen LogP contribution is -2.52. The number of hydrogen-bond acceptors (Lipinski definition) is 2. The van der Waals surface area contributed by atoms with Gasteiger partial charge in [0.05, 0.1) is 10.6 Å². The molecule has 0 aliphatic carbocycles. The van der Waals surface area contributed by atoms with Crippen LogP contribution < -0.4 is 10.6 Å². The van der Waals surface area contributed by atoms with Gasteiger partial charge in [-0.25, -0.2) is 0 Å². The Balaban J connectivity index is 2.86. The van der Waals surface area contributed by atoms with Gasteiger partial charge in [0.25, 0.3) is 5.91 Å². The minimum atomic E-state index is -1.88. The number of nitrogens with one attached hydrogen (secondary N) is 2. The molecule has 2 amide bonds. The SMILES string of the molecule is O=CNC(NC(=O)c1ccccc1Cl)C(Cl)(Cl)Cl. The minimum Gasteiger partial charge on any atom is -0.335 e. The number of amides is 2. The van der Waals surface area contributed by atoms with Crippen molar-refractivity contribution in [3.8, 4) is 0 Å². The van der Waals surface area contributed by atoms with E-state index in [-0.39, 0.29) is 10.6 Å². The maximum Gasteiger partial charge on any atom is 0.254 e. The number of rotatable bonds is 4. The summed E-state index contributed by atoms with van der Waals surface area (Å²) in [4.78, 5) is 22.3. The fraction of sp³-hybridized carbons (Fsp3) is 0.200. The quantitative estimate of drug-likeness (QED) is 0.506. The smallest absolute Gasteiger partial charge is 0.254 e. The van der Waals surface area contributed by atoms with Gasteiger partial charge in [-0.3, -0.25) is 9.59 Å². The molecular weight excluding hydrogens is 322 g/mol. The molecule has 8 heteroatoms. The number of halogens is 4. The molecule has 18 heavy (non-hydrogen) atoms. The summed E-state index contributed by atoms with van der Waals surface area (Å²) in [6, 6.07) is 6.37. The molecule has 0 fully saturated rings. The van der Waals surface area contributed by atoms with Crippen LogP contribution in [0.5, 0.6) is 0 Å². The Morgan fingerprint density at radius 1 is 1.28 bits per heavy atom. The summed E-state index contributed by atoms with van der Waals surface area (Å²) in [5.74, 6) is -0.564. The van der Waals surface area contributed by atoms with Crippen LogP contribution in [0.25, 0.3) is 0 Å². The van der Waals surface area contributed by atoms with Gasteiger partial charge in [-0.2, -0.15) is 0 Å². The zero-order valence-electron chi connectivity index (χ0n) is 8.79. The van der Waals surface area contributed by atoms with E-state index in [1.807, 2.05) is 0 Å². The van der Waals surface area contributed by atoms with Gasteiger partial charge in [0, 0.05) is 0 Å². The first-order chi connectivity index (χ1) is 8.36. The molecule has 0 spiro atoms. The van der Waals surface area contributed by atoms with Gasteiger partial charge in [-0.05, 0) is 12.1 Å². The molecule has 0 bridgehead atoms. The van der Waals surface area contributed by atoms with Crippen molar-refractivity contribution in [3.05, 3.63) is 34.9 Å². The van der Waals surface area contributed by atoms with Crippen molar-refractivity contribution < 1.29 is 9.59 Å². The van der Waals surface area contributed by atoms with Crippen LogP contribution in [0, 0.1) is 0 Å². The molecule has 0 saturated heterocycles. The molecule has 0 aliphatic heterocycles. The predicted octanol–water partition coefficient (Wildman–Crippen LogP) is 2.51. The zero-order chi connectivity index (χ0) is 13.8. The molecule has 0 radical (unpaired) electrons. The van der Waals surface area contributed by atoms with E-state index in [1.54, 1.807) is 18.2 Å². The molecule has 1 aromatic carbocycles. The van der Waals surface area contributed by atoms with Crippen LogP contribution in [0.1, 0.15) is 10.4 Å². The average molecular weight is 330 g/mol. The van der Waals surface area contributed by atoms with Gasteiger partial charge in [0.1, 0.15) is 6.17 Å². The first-order valence-corrected chi connectivity index (χ1v) is 6.19. The summed E-state index contributed by atoms with van der Waals surface area (Å²) in [5.41, 5.74) is 0.214. The molecule has 2 N–H and O–H groups in total. The second-order valence-electron chi connectivity index (χ2n) is 3.21. The van der Waals surface area contributed by atoms with Crippen molar-refractivity contribution in [3.63, 3.8) is 0 Å². The Morgan fingerprint density at radius 3 is 2.39 bits per heavy atom. The van der Waals surface area contributed by atoms with Gasteiger partial charge >= 0.3 is 0 Å². The second kappa shape index (κ2) is 6.48. The molecular formula is C10H8Cl4N2O2. The Labute approximate surface area is 124 Å². The highest BCUT2D eigenvalue weighted by atomic mass is 35.6. The standard InChI is InChI=1S/C10H8Cl4N2O2/c11-7-4-2-1-3-6(7)8(18)16-9(15-5-17)10(12,13)14/h1-5,9H,(H,15,17)(H,16,18). The highest BCUT2D eigenvalue weighted by Gasteiger charge is 2.34. The first kappa shape index (κ1) is 15.4. The second-order valence-corrected chi connectivity index (χ2v) is 5.99. The summed E-state index contributed by atoms with van der Waals surface area (Å²) < 4.78 is -1.88. The Morgan fingerprint density at radius 2 is 1.89 bits per heavy atom. The van der Waals surface area contributed by atoms with Gasteiger partial charge < -0.3 is 10.6 Å². The molecule has 1 atom stereocenters. The van der Waals surface area contributed by atoms with E-state index in [0.29, 0.717) is 6.41 Å². The highest BCUT2D eigenvalue weighted by Crippen LogP contribution is 2.29. The lowest BCUT2D eigenvalue weighted by Gasteiger charge is -2.24. The third-order valence-corrected chi connectivity index (χ3v) is 2.94. The molecule has 1 rings (SSSR count). The van der Waals surface area contributed by atoms with E-state index < -0.39 is 15.9 Å². The van der Waals surface area contributed by atoms with E-state index in [2.05, 4.69) is 10.6 Å². The van der Waals surface area contributed by atoms with Crippen LogP contribution in [0.15, 0.2) is 24.3 Å². The maximum absolute atomic E-state index is 11.9. The van der Waals surface area contributed by atoms with E-state index >= 15 is 0 Å². The summed E-state index contributed by atoms with van der Waals surface area (Å²) >= 11 is 22.7. The minimum absolute atomic E-state index is 0.214. The third kappa shape index (κ3) is 4.21. The fourth-order valence-corrected chi connectivity index (χ4v) is 1.71. The van der Waals surface area contributed by atoms with Crippen LogP contribution in [0.2, 0.25) is 5.02 Å². The number of carbonyl (C=O) groups is 2. The lowest BCUT2D eigenvalue weighted by molar-refractivity contribution is -0.110. The number of alkyl halides is 3. The summed E-state index contributed by atoms with van der Waals surface area (Å²) in [7, 11) is 0. The van der Waals surface area contributed by atoms with Crippen molar-refractivity contribution in [1.29, 1.82) is 0 Å². The van der Waals surface area contributed by atoms with Crippen LogP contribution in [0.3, 0.4) is 0 Å². The monoisotopic (exact) mass is 328 g/mol. The van der Waals surface area contributed by atoms with Crippen LogP contribution in [-0.4, -0.2) is 22.3 Å². The topological polar surface area (TPSA) is 58.2 Å². The van der Waals surface area contributed by atoms with Gasteiger partial charge in [0.15, 0.2) is 0 Å². The predicted molar refractivity (Wildman–Crippen MR) is 72.2 cm³/mol. The van der Waals surface area contributed by atoms with Crippen LogP contribution >= 0.6 is 46.4 Å². The summed E-state index contributed by atoms with van der Waals surface area (Å²) in [6.07, 6.45) is -0.844. The molecule has 1 aromatic rings. The first-order valence-electron chi connectivity index (χ1n) is 4.68. The normalized spacial score (nSPS) is 12.7. The van der Waals surface area contributed by atoms with E-state index in [4.69, 9.17) is 46.4 Å². The van der Waals surface area contributed by atoms with Crippen molar-refractivity contribution in [2.45, 2.75) is 9.96 Å². The molecule has 0 saturated carbocycles. The largest absolute Gasteiger partial charge is 0.335 e. The molecule has 0 heterocycles. The molecule has 0 aliphatic rings. The van der Waals surface area contributed by atoms with Gasteiger partial charge in [-0.15, -0.1) is 0 Å². The Bertz CT molecular complexity index is 448. The summed E-state index contributed by atoms with van der Waals surface area (Å²) in [6.45, 7) is 0. The van der Waals surface area contributed by atoms with E-state index in [9.17, 15) is 9.59 Å². The highest BCUT2D eigenvalue weighted by molar-refractivity contribution is 6.68.